The van der Waals surface area contributed by atoms with Crippen LogP contribution in [0.15, 0.2) is 42.5 Å². The van der Waals surface area contributed by atoms with Crippen LogP contribution in [-0.2, 0) is 9.59 Å². The minimum absolute atomic E-state index is 0.0212. The summed E-state index contributed by atoms with van der Waals surface area (Å²) in [4.78, 5) is 27.9. The van der Waals surface area contributed by atoms with E-state index in [2.05, 4.69) is 11.4 Å². The van der Waals surface area contributed by atoms with Crippen molar-refractivity contribution in [3.05, 3.63) is 59.2 Å². The number of anilines is 2. The van der Waals surface area contributed by atoms with Gasteiger partial charge in [-0.2, -0.15) is 0 Å². The van der Waals surface area contributed by atoms with Crippen molar-refractivity contribution in [1.82, 2.24) is 4.90 Å². The first kappa shape index (κ1) is 19.5. The molecule has 5 heteroatoms. The second-order valence-corrected chi connectivity index (χ2v) is 6.87. The molecule has 0 spiro atoms. The monoisotopic (exact) mass is 353 g/mol. The van der Waals surface area contributed by atoms with Crippen molar-refractivity contribution in [3.63, 3.8) is 0 Å². The van der Waals surface area contributed by atoms with Crippen molar-refractivity contribution in [2.75, 3.05) is 37.4 Å². The summed E-state index contributed by atoms with van der Waals surface area (Å²) in [6, 6.07) is 13.8. The molecule has 0 aromatic heterocycles. The van der Waals surface area contributed by atoms with Gasteiger partial charge in [0.05, 0.1) is 13.1 Å². The summed E-state index contributed by atoms with van der Waals surface area (Å²) in [5, 5.41) is 2.81. The number of hydrogen-bond acceptors (Lipinski definition) is 3. The summed E-state index contributed by atoms with van der Waals surface area (Å²) in [5.74, 6) is -0.315. The lowest BCUT2D eigenvalue weighted by atomic mass is 10.1. The Bertz CT molecular complexity index is 764. The van der Waals surface area contributed by atoms with Crippen LogP contribution in [0, 0.1) is 20.8 Å². The van der Waals surface area contributed by atoms with Crippen LogP contribution in [0.25, 0.3) is 0 Å². The highest BCUT2D eigenvalue weighted by atomic mass is 16.2. The molecule has 0 unspecified atom stereocenters. The molecule has 2 aromatic carbocycles. The van der Waals surface area contributed by atoms with Gasteiger partial charge in [0.25, 0.3) is 0 Å². The molecule has 5 nitrogen and oxygen atoms in total. The molecule has 0 radical (unpaired) electrons. The highest BCUT2D eigenvalue weighted by Gasteiger charge is 2.15. The van der Waals surface area contributed by atoms with E-state index in [1.54, 1.807) is 7.05 Å². The summed E-state index contributed by atoms with van der Waals surface area (Å²) in [6.45, 7) is 6.30. The number of amides is 2. The topological polar surface area (TPSA) is 52.7 Å². The predicted molar refractivity (Wildman–Crippen MR) is 107 cm³/mol. The number of nitrogens with zero attached hydrogens (tertiary/aromatic N) is 2. The molecule has 2 amide bonds. The third-order valence-electron chi connectivity index (χ3n) is 4.16. The zero-order valence-corrected chi connectivity index (χ0v) is 16.2. The molecule has 26 heavy (non-hydrogen) atoms. The SMILES string of the molecule is Cc1ccc(NC(=O)CN(C)C(=O)CN(C)c2cc(C)cc(C)c2)cc1. The number of benzene rings is 2. The van der Waals surface area contributed by atoms with Gasteiger partial charge in [0, 0.05) is 25.5 Å². The van der Waals surface area contributed by atoms with Gasteiger partial charge in [-0.1, -0.05) is 23.8 Å². The van der Waals surface area contributed by atoms with E-state index in [1.807, 2.05) is 69.1 Å². The molecule has 1 N–H and O–H groups in total. The van der Waals surface area contributed by atoms with Crippen molar-refractivity contribution in [1.29, 1.82) is 0 Å². The van der Waals surface area contributed by atoms with Gasteiger partial charge in [-0.3, -0.25) is 9.59 Å². The van der Waals surface area contributed by atoms with Crippen molar-refractivity contribution in [2.24, 2.45) is 0 Å². The first-order chi connectivity index (χ1) is 12.2. The molecule has 0 aliphatic heterocycles. The molecule has 0 aliphatic carbocycles. The van der Waals surface area contributed by atoms with Gasteiger partial charge in [-0.05, 0) is 56.2 Å². The van der Waals surface area contributed by atoms with Crippen LogP contribution in [-0.4, -0.2) is 43.9 Å². The lowest BCUT2D eigenvalue weighted by Gasteiger charge is -2.23. The Kier molecular flexibility index (Phi) is 6.39. The Balaban J connectivity index is 1.89. The van der Waals surface area contributed by atoms with Crippen molar-refractivity contribution in [3.8, 4) is 0 Å². The predicted octanol–water partition coefficient (Wildman–Crippen LogP) is 3.15. The van der Waals surface area contributed by atoms with E-state index in [0.29, 0.717) is 0 Å². The summed E-state index contributed by atoms with van der Waals surface area (Å²) in [7, 11) is 3.53. The van der Waals surface area contributed by atoms with Crippen LogP contribution in [0.1, 0.15) is 16.7 Å². The molecular weight excluding hydrogens is 326 g/mol. The summed E-state index contributed by atoms with van der Waals surface area (Å²) >= 11 is 0. The smallest absolute Gasteiger partial charge is 0.243 e. The summed E-state index contributed by atoms with van der Waals surface area (Å²) in [6.07, 6.45) is 0. The van der Waals surface area contributed by atoms with Crippen molar-refractivity contribution < 1.29 is 9.59 Å². The van der Waals surface area contributed by atoms with Crippen LogP contribution >= 0.6 is 0 Å². The molecule has 0 heterocycles. The standard InChI is InChI=1S/C21H27N3O2/c1-15-6-8-18(9-7-15)22-20(25)13-24(5)21(26)14-23(4)19-11-16(2)10-17(3)12-19/h6-12H,13-14H2,1-5H3,(H,22,25). The van der Waals surface area contributed by atoms with E-state index in [-0.39, 0.29) is 24.9 Å². The van der Waals surface area contributed by atoms with Gasteiger partial charge < -0.3 is 15.1 Å². The zero-order chi connectivity index (χ0) is 19.3. The highest BCUT2D eigenvalue weighted by Crippen LogP contribution is 2.17. The number of rotatable bonds is 6. The third kappa shape index (κ3) is 5.62. The number of nitrogens with one attached hydrogen (secondary N) is 1. The molecule has 0 fully saturated rings. The molecule has 0 aliphatic rings. The highest BCUT2D eigenvalue weighted by molar-refractivity contribution is 5.95. The first-order valence-electron chi connectivity index (χ1n) is 8.64. The molecule has 0 bridgehead atoms. The summed E-state index contributed by atoms with van der Waals surface area (Å²) < 4.78 is 0. The number of hydrogen-bond donors (Lipinski definition) is 1. The van der Waals surface area contributed by atoms with E-state index >= 15 is 0 Å². The van der Waals surface area contributed by atoms with E-state index in [4.69, 9.17) is 0 Å². The Morgan fingerprint density at radius 1 is 0.846 bits per heavy atom. The van der Waals surface area contributed by atoms with Crippen molar-refractivity contribution >= 4 is 23.2 Å². The largest absolute Gasteiger partial charge is 0.365 e. The number of aryl methyl sites for hydroxylation is 3. The molecule has 0 atom stereocenters. The normalized spacial score (nSPS) is 10.3. The maximum atomic E-state index is 12.4. The van der Waals surface area contributed by atoms with Crippen LogP contribution in [0.5, 0.6) is 0 Å². The Hall–Kier alpha value is -2.82. The van der Waals surface area contributed by atoms with Gasteiger partial charge >= 0.3 is 0 Å². The van der Waals surface area contributed by atoms with Crippen LogP contribution in [0.3, 0.4) is 0 Å². The van der Waals surface area contributed by atoms with E-state index in [1.165, 1.54) is 4.90 Å². The maximum Gasteiger partial charge on any atom is 0.243 e. The van der Waals surface area contributed by atoms with E-state index in [0.717, 1.165) is 28.1 Å². The van der Waals surface area contributed by atoms with E-state index < -0.39 is 0 Å². The molecule has 2 aromatic rings. The molecule has 138 valence electrons. The fraction of sp³-hybridized carbons (Fsp3) is 0.333. The Morgan fingerprint density at radius 2 is 1.42 bits per heavy atom. The van der Waals surface area contributed by atoms with Gasteiger partial charge in [-0.15, -0.1) is 0 Å². The number of likely N-dealkylation sites (N-methyl/N-ethyl adjacent to an activating group) is 2. The zero-order valence-electron chi connectivity index (χ0n) is 16.2. The average molecular weight is 353 g/mol. The average Bonchev–Trinajstić information content (AvgIpc) is 2.55. The fourth-order valence-corrected chi connectivity index (χ4v) is 2.73. The minimum atomic E-state index is -0.209. The minimum Gasteiger partial charge on any atom is -0.365 e. The van der Waals surface area contributed by atoms with Gasteiger partial charge in [0.2, 0.25) is 11.8 Å². The lowest BCUT2D eigenvalue weighted by molar-refractivity contribution is -0.132. The van der Waals surface area contributed by atoms with Crippen molar-refractivity contribution in [2.45, 2.75) is 20.8 Å². The molecular formula is C21H27N3O2. The van der Waals surface area contributed by atoms with Crippen LogP contribution < -0.4 is 10.2 Å². The molecule has 0 saturated carbocycles. The Morgan fingerprint density at radius 3 is 2.00 bits per heavy atom. The third-order valence-corrected chi connectivity index (χ3v) is 4.16. The van der Waals surface area contributed by atoms with E-state index in [9.17, 15) is 9.59 Å². The second-order valence-electron chi connectivity index (χ2n) is 6.87. The molecule has 0 saturated heterocycles. The van der Waals surface area contributed by atoms with Gasteiger partial charge in [0.15, 0.2) is 0 Å². The van der Waals surface area contributed by atoms with Crippen LogP contribution in [0.2, 0.25) is 0 Å². The fourth-order valence-electron chi connectivity index (χ4n) is 2.73. The molecule has 2 rings (SSSR count). The number of carbonyl (C=O) groups excluding carboxylic acids is 2. The summed E-state index contributed by atoms with van der Waals surface area (Å²) in [5.41, 5.74) is 5.17. The second kappa shape index (κ2) is 8.52. The number of carbonyl (C=O) groups is 2. The maximum absolute atomic E-state index is 12.4. The quantitative estimate of drug-likeness (QED) is 0.868. The van der Waals surface area contributed by atoms with Gasteiger partial charge in [0.1, 0.15) is 0 Å². The van der Waals surface area contributed by atoms with Crippen LogP contribution in [0.4, 0.5) is 11.4 Å². The van der Waals surface area contributed by atoms with Gasteiger partial charge in [-0.25, -0.2) is 0 Å². The first-order valence-corrected chi connectivity index (χ1v) is 8.64. The Labute approximate surface area is 155 Å². The lowest BCUT2D eigenvalue weighted by Crippen LogP contribution is -2.40.